The van der Waals surface area contributed by atoms with Crippen molar-refractivity contribution in [1.29, 1.82) is 0 Å². The maximum Gasteiger partial charge on any atom is 0.133 e. The van der Waals surface area contributed by atoms with Gasteiger partial charge in [0.15, 0.2) is 0 Å². The first kappa shape index (κ1) is 14.9. The number of ether oxygens (including phenoxy) is 1. The van der Waals surface area contributed by atoms with E-state index in [0.29, 0.717) is 6.04 Å². The molecule has 0 unspecified atom stereocenters. The van der Waals surface area contributed by atoms with Crippen molar-refractivity contribution in [1.82, 2.24) is 5.32 Å². The van der Waals surface area contributed by atoms with Crippen molar-refractivity contribution < 1.29 is 4.74 Å². The molecule has 1 aromatic rings. The van der Waals surface area contributed by atoms with Crippen LogP contribution in [0.5, 0.6) is 5.75 Å². The summed E-state index contributed by atoms with van der Waals surface area (Å²) in [5, 5.41) is 3.69. The monoisotopic (exact) mass is 325 g/mol. The van der Waals surface area contributed by atoms with Crippen LogP contribution in [0.3, 0.4) is 0 Å². The summed E-state index contributed by atoms with van der Waals surface area (Å²) < 4.78 is 6.28. The lowest BCUT2D eigenvalue weighted by molar-refractivity contribution is 0.285. The summed E-state index contributed by atoms with van der Waals surface area (Å²) in [6.07, 6.45) is 6.78. The van der Waals surface area contributed by atoms with Crippen molar-refractivity contribution in [2.75, 3.05) is 7.11 Å². The van der Waals surface area contributed by atoms with Gasteiger partial charge in [-0.15, -0.1) is 0 Å². The van der Waals surface area contributed by atoms with E-state index in [2.05, 4.69) is 40.3 Å². The molecule has 0 radical (unpaired) electrons. The van der Waals surface area contributed by atoms with E-state index in [0.717, 1.165) is 22.7 Å². The third kappa shape index (κ3) is 4.22. The van der Waals surface area contributed by atoms with E-state index in [9.17, 15) is 0 Å². The van der Waals surface area contributed by atoms with Crippen molar-refractivity contribution >= 4 is 15.9 Å². The summed E-state index contributed by atoms with van der Waals surface area (Å²) in [7, 11) is 1.70. The van der Waals surface area contributed by atoms with Crippen LogP contribution in [-0.2, 0) is 6.54 Å². The van der Waals surface area contributed by atoms with Crippen LogP contribution in [-0.4, -0.2) is 13.2 Å². The van der Waals surface area contributed by atoms with Crippen molar-refractivity contribution in [3.8, 4) is 5.75 Å². The van der Waals surface area contributed by atoms with Gasteiger partial charge >= 0.3 is 0 Å². The summed E-state index contributed by atoms with van der Waals surface area (Å²) in [5.41, 5.74) is 1.31. The molecule has 0 atom stereocenters. The van der Waals surface area contributed by atoms with Crippen LogP contribution in [0.1, 0.15) is 44.6 Å². The molecule has 1 N–H and O–H groups in total. The molecule has 0 aromatic heterocycles. The number of hydrogen-bond acceptors (Lipinski definition) is 2. The minimum absolute atomic E-state index is 0.698. The fourth-order valence-corrected chi connectivity index (χ4v) is 3.44. The molecule has 3 heteroatoms. The Morgan fingerprint density at radius 1 is 1.26 bits per heavy atom. The van der Waals surface area contributed by atoms with E-state index in [1.54, 1.807) is 7.11 Å². The van der Waals surface area contributed by atoms with Crippen LogP contribution in [0.15, 0.2) is 22.7 Å². The molecule has 106 valence electrons. The molecule has 1 fully saturated rings. The first-order valence-electron chi connectivity index (χ1n) is 7.28. The van der Waals surface area contributed by atoms with Crippen LogP contribution >= 0.6 is 15.9 Å². The predicted octanol–water partition coefficient (Wildman–Crippen LogP) is 4.52. The molecule has 0 aliphatic heterocycles. The zero-order valence-corrected chi connectivity index (χ0v) is 13.5. The first-order chi connectivity index (χ1) is 9.22. The molecule has 0 bridgehead atoms. The Bertz CT molecular complexity index is 400. The molecule has 19 heavy (non-hydrogen) atoms. The zero-order chi connectivity index (χ0) is 13.7. The van der Waals surface area contributed by atoms with Crippen molar-refractivity contribution in [2.24, 2.45) is 5.92 Å². The van der Waals surface area contributed by atoms with Gasteiger partial charge in [0.1, 0.15) is 5.75 Å². The lowest BCUT2D eigenvalue weighted by Crippen LogP contribution is -2.32. The lowest BCUT2D eigenvalue weighted by Gasteiger charge is -2.28. The quantitative estimate of drug-likeness (QED) is 0.859. The van der Waals surface area contributed by atoms with Crippen molar-refractivity contribution in [3.05, 3.63) is 28.2 Å². The highest BCUT2D eigenvalue weighted by atomic mass is 79.9. The van der Waals surface area contributed by atoms with Crippen LogP contribution < -0.4 is 10.1 Å². The number of rotatable bonds is 5. The molecule has 2 rings (SSSR count). The summed E-state index contributed by atoms with van der Waals surface area (Å²) in [5.74, 6) is 1.86. The minimum Gasteiger partial charge on any atom is -0.496 e. The number of benzene rings is 1. The normalized spacial score (nSPS) is 23.3. The molecule has 1 aliphatic rings. The van der Waals surface area contributed by atoms with Gasteiger partial charge in [0, 0.05) is 12.6 Å². The molecular weight excluding hydrogens is 302 g/mol. The van der Waals surface area contributed by atoms with E-state index < -0.39 is 0 Å². The molecule has 0 heterocycles. The Balaban J connectivity index is 1.81. The highest BCUT2D eigenvalue weighted by Gasteiger charge is 2.19. The SMILES string of the molecule is CCC1CCC(NCc2ccc(OC)c(Br)c2)CC1. The Labute approximate surface area is 125 Å². The van der Waals surface area contributed by atoms with Crippen molar-refractivity contribution in [2.45, 2.75) is 51.6 Å². The number of halogens is 1. The smallest absolute Gasteiger partial charge is 0.133 e. The molecular formula is C16H24BrNO. The summed E-state index contributed by atoms with van der Waals surface area (Å²) in [6.45, 7) is 3.26. The Kier molecular flexibility index (Phi) is 5.71. The van der Waals surface area contributed by atoms with E-state index >= 15 is 0 Å². The van der Waals surface area contributed by atoms with Gasteiger partial charge in [-0.2, -0.15) is 0 Å². The van der Waals surface area contributed by atoms with E-state index in [1.165, 1.54) is 37.7 Å². The lowest BCUT2D eigenvalue weighted by atomic mass is 9.84. The van der Waals surface area contributed by atoms with E-state index in [4.69, 9.17) is 4.74 Å². The summed E-state index contributed by atoms with van der Waals surface area (Å²) >= 11 is 3.54. The summed E-state index contributed by atoms with van der Waals surface area (Å²) in [4.78, 5) is 0. The molecule has 1 aromatic carbocycles. The molecule has 1 aliphatic carbocycles. The van der Waals surface area contributed by atoms with Gasteiger partial charge in [0.05, 0.1) is 11.6 Å². The second kappa shape index (κ2) is 7.30. The molecule has 1 saturated carbocycles. The molecule has 0 saturated heterocycles. The number of hydrogen-bond donors (Lipinski definition) is 1. The molecule has 0 amide bonds. The van der Waals surface area contributed by atoms with Gasteiger partial charge in [-0.25, -0.2) is 0 Å². The second-order valence-corrected chi connectivity index (χ2v) is 6.33. The van der Waals surface area contributed by atoms with Crippen molar-refractivity contribution in [3.63, 3.8) is 0 Å². The van der Waals surface area contributed by atoms with Crippen LogP contribution in [0.2, 0.25) is 0 Å². The standard InChI is InChI=1S/C16H24BrNO/c1-3-12-4-7-14(8-5-12)18-11-13-6-9-16(19-2)15(17)10-13/h6,9-10,12,14,18H,3-5,7-8,11H2,1-2H3. The zero-order valence-electron chi connectivity index (χ0n) is 11.9. The van der Waals surface area contributed by atoms with Gasteiger partial charge < -0.3 is 10.1 Å². The average molecular weight is 326 g/mol. The third-order valence-electron chi connectivity index (χ3n) is 4.24. The maximum absolute atomic E-state index is 5.25. The minimum atomic E-state index is 0.698. The van der Waals surface area contributed by atoms with E-state index in [-0.39, 0.29) is 0 Å². The van der Waals surface area contributed by atoms with Gasteiger partial charge in [-0.1, -0.05) is 19.4 Å². The predicted molar refractivity (Wildman–Crippen MR) is 83.6 cm³/mol. The summed E-state index contributed by atoms with van der Waals surface area (Å²) in [6, 6.07) is 7.00. The van der Waals surface area contributed by atoms with Gasteiger partial charge in [0.2, 0.25) is 0 Å². The first-order valence-corrected chi connectivity index (χ1v) is 8.08. The number of nitrogens with one attached hydrogen (secondary N) is 1. The maximum atomic E-state index is 5.25. The Hall–Kier alpha value is -0.540. The highest BCUT2D eigenvalue weighted by molar-refractivity contribution is 9.10. The fourth-order valence-electron chi connectivity index (χ4n) is 2.86. The largest absolute Gasteiger partial charge is 0.496 e. The van der Waals surface area contributed by atoms with Crippen LogP contribution in [0.25, 0.3) is 0 Å². The number of methoxy groups -OCH3 is 1. The Morgan fingerprint density at radius 2 is 2.00 bits per heavy atom. The van der Waals surface area contributed by atoms with Crippen LogP contribution in [0.4, 0.5) is 0 Å². The highest BCUT2D eigenvalue weighted by Crippen LogP contribution is 2.28. The third-order valence-corrected chi connectivity index (χ3v) is 4.85. The van der Waals surface area contributed by atoms with Crippen LogP contribution in [0, 0.1) is 5.92 Å². The van der Waals surface area contributed by atoms with E-state index in [1.807, 2.05) is 6.07 Å². The molecule has 0 spiro atoms. The molecule has 2 nitrogen and oxygen atoms in total. The fraction of sp³-hybridized carbons (Fsp3) is 0.625. The second-order valence-electron chi connectivity index (χ2n) is 5.48. The topological polar surface area (TPSA) is 21.3 Å². The average Bonchev–Trinajstić information content (AvgIpc) is 2.46. The Morgan fingerprint density at radius 3 is 2.58 bits per heavy atom. The van der Waals surface area contributed by atoms with Gasteiger partial charge in [-0.3, -0.25) is 0 Å². The van der Waals surface area contributed by atoms with Gasteiger partial charge in [-0.05, 0) is 65.2 Å². The van der Waals surface area contributed by atoms with Gasteiger partial charge in [0.25, 0.3) is 0 Å².